The SMILES string of the molecule is C=CC1CCCCNC1=O.CCCCCCCCCCCCN1CCCC1=O. The van der Waals surface area contributed by atoms with Crippen LogP contribution in [0.3, 0.4) is 0 Å². The van der Waals surface area contributed by atoms with Crippen molar-refractivity contribution in [3.05, 3.63) is 12.7 Å². The molecule has 2 amide bonds. The Hall–Kier alpha value is -1.32. The maximum absolute atomic E-state index is 11.4. The van der Waals surface area contributed by atoms with Gasteiger partial charge >= 0.3 is 0 Å². The van der Waals surface area contributed by atoms with Crippen LogP contribution in [0.2, 0.25) is 0 Å². The van der Waals surface area contributed by atoms with Crippen LogP contribution in [0.15, 0.2) is 12.7 Å². The number of carbonyl (C=O) groups excluding carboxylic acids is 2. The largest absolute Gasteiger partial charge is 0.356 e. The maximum atomic E-state index is 11.4. The lowest BCUT2D eigenvalue weighted by molar-refractivity contribution is -0.127. The first kappa shape index (κ1) is 24.7. The molecule has 1 N–H and O–H groups in total. The fraction of sp³-hybridized carbons (Fsp3) is 0.833. The second kappa shape index (κ2) is 16.6. The molecule has 2 heterocycles. The number of rotatable bonds is 12. The van der Waals surface area contributed by atoms with Crippen molar-refractivity contribution in [3.63, 3.8) is 0 Å². The van der Waals surface area contributed by atoms with Crippen molar-refractivity contribution in [1.82, 2.24) is 10.2 Å². The van der Waals surface area contributed by atoms with Crippen LogP contribution in [0.25, 0.3) is 0 Å². The van der Waals surface area contributed by atoms with E-state index in [4.69, 9.17) is 0 Å². The van der Waals surface area contributed by atoms with Gasteiger partial charge in [0.2, 0.25) is 11.8 Å². The molecule has 0 aromatic heterocycles. The molecule has 28 heavy (non-hydrogen) atoms. The van der Waals surface area contributed by atoms with Crippen LogP contribution in [0, 0.1) is 5.92 Å². The van der Waals surface area contributed by atoms with E-state index in [1.165, 1.54) is 64.2 Å². The lowest BCUT2D eigenvalue weighted by Crippen LogP contribution is -2.27. The van der Waals surface area contributed by atoms with Gasteiger partial charge < -0.3 is 10.2 Å². The molecule has 2 fully saturated rings. The fourth-order valence-electron chi connectivity index (χ4n) is 3.92. The Morgan fingerprint density at radius 2 is 1.61 bits per heavy atom. The number of nitrogens with one attached hydrogen (secondary N) is 1. The number of hydrogen-bond acceptors (Lipinski definition) is 2. The molecule has 2 rings (SSSR count). The zero-order chi connectivity index (χ0) is 20.5. The van der Waals surface area contributed by atoms with E-state index in [9.17, 15) is 9.59 Å². The topological polar surface area (TPSA) is 49.4 Å². The number of amides is 2. The van der Waals surface area contributed by atoms with Gasteiger partial charge in [-0.05, 0) is 25.7 Å². The Bertz CT molecular complexity index is 436. The summed E-state index contributed by atoms with van der Waals surface area (Å²) in [5.41, 5.74) is 0. The number of hydrogen-bond donors (Lipinski definition) is 1. The second-order valence-corrected chi connectivity index (χ2v) is 8.30. The summed E-state index contributed by atoms with van der Waals surface area (Å²) in [4.78, 5) is 24.5. The number of likely N-dealkylation sites (tertiary alicyclic amines) is 1. The Morgan fingerprint density at radius 3 is 2.18 bits per heavy atom. The van der Waals surface area contributed by atoms with Crippen molar-refractivity contribution in [3.8, 4) is 0 Å². The van der Waals surface area contributed by atoms with E-state index in [0.29, 0.717) is 5.91 Å². The highest BCUT2D eigenvalue weighted by molar-refractivity contribution is 5.80. The molecule has 4 nitrogen and oxygen atoms in total. The third-order valence-electron chi connectivity index (χ3n) is 5.82. The van der Waals surface area contributed by atoms with Gasteiger partial charge in [0.1, 0.15) is 0 Å². The number of unbranched alkanes of at least 4 members (excludes halogenated alkanes) is 9. The van der Waals surface area contributed by atoms with Crippen molar-refractivity contribution in [2.45, 2.75) is 103 Å². The monoisotopic (exact) mass is 392 g/mol. The third-order valence-corrected chi connectivity index (χ3v) is 5.82. The molecule has 2 saturated heterocycles. The van der Waals surface area contributed by atoms with Crippen LogP contribution in [-0.2, 0) is 9.59 Å². The quantitative estimate of drug-likeness (QED) is 0.346. The Balaban J connectivity index is 0.000000330. The molecule has 1 unspecified atom stereocenters. The highest BCUT2D eigenvalue weighted by Gasteiger charge is 2.18. The molecule has 0 spiro atoms. The first-order valence-electron chi connectivity index (χ1n) is 11.9. The van der Waals surface area contributed by atoms with Crippen LogP contribution in [0.1, 0.15) is 103 Å². The molecule has 2 aliphatic heterocycles. The molecule has 0 aromatic carbocycles. The molecular weight excluding hydrogens is 348 g/mol. The summed E-state index contributed by atoms with van der Waals surface area (Å²) < 4.78 is 0. The maximum Gasteiger partial charge on any atom is 0.226 e. The first-order valence-corrected chi connectivity index (χ1v) is 11.9. The van der Waals surface area contributed by atoms with Gasteiger partial charge in [0.05, 0.1) is 5.92 Å². The second-order valence-electron chi connectivity index (χ2n) is 8.30. The lowest BCUT2D eigenvalue weighted by Gasteiger charge is -2.14. The highest BCUT2D eigenvalue weighted by Crippen LogP contribution is 2.14. The zero-order valence-electron chi connectivity index (χ0n) is 18.4. The van der Waals surface area contributed by atoms with Gasteiger partial charge in [0.15, 0.2) is 0 Å². The summed E-state index contributed by atoms with van der Waals surface area (Å²) in [6.45, 7) is 8.74. The molecule has 2 aliphatic rings. The van der Waals surface area contributed by atoms with E-state index in [0.717, 1.165) is 51.7 Å². The predicted octanol–water partition coefficient (Wildman–Crippen LogP) is 5.62. The summed E-state index contributed by atoms with van der Waals surface area (Å²) >= 11 is 0. The van der Waals surface area contributed by atoms with Crippen molar-refractivity contribution in [1.29, 1.82) is 0 Å². The summed E-state index contributed by atoms with van der Waals surface area (Å²) in [6, 6.07) is 0. The molecule has 162 valence electrons. The lowest BCUT2D eigenvalue weighted by atomic mass is 10.0. The Morgan fingerprint density at radius 1 is 0.964 bits per heavy atom. The van der Waals surface area contributed by atoms with E-state index in [-0.39, 0.29) is 11.8 Å². The van der Waals surface area contributed by atoms with E-state index in [2.05, 4.69) is 18.8 Å². The molecule has 0 radical (unpaired) electrons. The normalized spacial score (nSPS) is 19.6. The van der Waals surface area contributed by atoms with Crippen LogP contribution in [0.4, 0.5) is 0 Å². The van der Waals surface area contributed by atoms with Crippen molar-refractivity contribution in [2.24, 2.45) is 5.92 Å². The van der Waals surface area contributed by atoms with Gasteiger partial charge in [-0.3, -0.25) is 9.59 Å². The minimum Gasteiger partial charge on any atom is -0.356 e. The summed E-state index contributed by atoms with van der Waals surface area (Å²) in [7, 11) is 0. The third kappa shape index (κ3) is 11.5. The number of carbonyl (C=O) groups is 2. The molecule has 0 aromatic rings. The van der Waals surface area contributed by atoms with E-state index < -0.39 is 0 Å². The molecule has 1 atom stereocenters. The molecule has 0 saturated carbocycles. The minimum atomic E-state index is 0.0579. The van der Waals surface area contributed by atoms with E-state index in [1.54, 1.807) is 6.08 Å². The zero-order valence-corrected chi connectivity index (χ0v) is 18.4. The summed E-state index contributed by atoms with van der Waals surface area (Å²) in [5.74, 6) is 0.584. The minimum absolute atomic E-state index is 0.0579. The average Bonchev–Trinajstić information content (AvgIpc) is 2.99. The van der Waals surface area contributed by atoms with E-state index >= 15 is 0 Å². The molecule has 4 heteroatoms. The van der Waals surface area contributed by atoms with Crippen LogP contribution >= 0.6 is 0 Å². The Kier molecular flexibility index (Phi) is 14.7. The van der Waals surface area contributed by atoms with Gasteiger partial charge in [-0.25, -0.2) is 0 Å². The van der Waals surface area contributed by atoms with Gasteiger partial charge in [-0.2, -0.15) is 0 Å². The van der Waals surface area contributed by atoms with Gasteiger partial charge in [-0.15, -0.1) is 6.58 Å². The molecular formula is C24H44N2O2. The first-order chi connectivity index (χ1) is 13.7. The van der Waals surface area contributed by atoms with Crippen molar-refractivity contribution in [2.75, 3.05) is 19.6 Å². The van der Waals surface area contributed by atoms with Gasteiger partial charge in [-0.1, -0.05) is 77.2 Å². The van der Waals surface area contributed by atoms with Crippen molar-refractivity contribution < 1.29 is 9.59 Å². The Labute approximate surface area is 173 Å². The van der Waals surface area contributed by atoms with Crippen LogP contribution in [-0.4, -0.2) is 36.3 Å². The van der Waals surface area contributed by atoms with Gasteiger partial charge in [0.25, 0.3) is 0 Å². The fourth-order valence-corrected chi connectivity index (χ4v) is 3.92. The average molecular weight is 393 g/mol. The smallest absolute Gasteiger partial charge is 0.226 e. The summed E-state index contributed by atoms with van der Waals surface area (Å²) in [5, 5.41) is 2.84. The van der Waals surface area contributed by atoms with E-state index in [1.807, 2.05) is 4.90 Å². The van der Waals surface area contributed by atoms with Crippen LogP contribution < -0.4 is 5.32 Å². The van der Waals surface area contributed by atoms with Crippen LogP contribution in [0.5, 0.6) is 0 Å². The molecule has 0 aliphatic carbocycles. The molecule has 0 bridgehead atoms. The highest BCUT2D eigenvalue weighted by atomic mass is 16.2. The standard InChI is InChI=1S/C16H31NO.C8H13NO/c1-2-3-4-5-6-7-8-9-10-11-14-17-15-12-13-16(17)18;1-2-7-5-3-4-6-9-8(7)10/h2-15H2,1H3;2,7H,1,3-6H2,(H,9,10). The van der Waals surface area contributed by atoms with Crippen molar-refractivity contribution >= 4 is 11.8 Å². The number of nitrogens with zero attached hydrogens (tertiary/aromatic N) is 1. The van der Waals surface area contributed by atoms with Gasteiger partial charge in [0, 0.05) is 26.1 Å². The summed E-state index contributed by atoms with van der Waals surface area (Å²) in [6.07, 6.45) is 20.5. The predicted molar refractivity (Wildman–Crippen MR) is 118 cm³/mol.